The topological polar surface area (TPSA) is 80.9 Å². The van der Waals surface area contributed by atoms with Gasteiger partial charge in [0.05, 0.1) is 0 Å². The number of aromatic nitrogens is 2. The average Bonchev–Trinajstić information content (AvgIpc) is 2.24. The van der Waals surface area contributed by atoms with Gasteiger partial charge in [0.25, 0.3) is 0 Å². The summed E-state index contributed by atoms with van der Waals surface area (Å²) in [6.45, 7) is 2.77. The van der Waals surface area contributed by atoms with Crippen molar-refractivity contribution in [2.45, 2.75) is 32.6 Å². The quantitative estimate of drug-likeness (QED) is 0.595. The van der Waals surface area contributed by atoms with Gasteiger partial charge in [-0.25, -0.2) is 9.97 Å². The minimum absolute atomic E-state index is 0.276. The van der Waals surface area contributed by atoms with Crippen molar-refractivity contribution < 1.29 is 4.79 Å². The van der Waals surface area contributed by atoms with Crippen LogP contribution in [-0.2, 0) is 11.2 Å². The number of primary amides is 1. The van der Waals surface area contributed by atoms with Crippen molar-refractivity contribution in [1.82, 2.24) is 9.97 Å². The molecule has 1 heterocycles. The van der Waals surface area contributed by atoms with E-state index in [1.807, 2.05) is 6.07 Å². The molecule has 0 unspecified atom stereocenters. The highest BCUT2D eigenvalue weighted by Crippen LogP contribution is 2.13. The number of hydrogen-bond donors (Lipinski definition) is 2. The molecule has 1 rings (SSSR count). The maximum atomic E-state index is 10.6. The summed E-state index contributed by atoms with van der Waals surface area (Å²) in [6.07, 6.45) is 2.97. The molecule has 0 atom stereocenters. The van der Waals surface area contributed by atoms with E-state index in [1.165, 1.54) is 0 Å². The fourth-order valence-corrected chi connectivity index (χ4v) is 1.79. The number of rotatable bonds is 7. The Balaban J connectivity index is 2.49. The number of nitrogens with zero attached hydrogens (tertiary/aromatic N) is 2. The third-order valence-electron chi connectivity index (χ3n) is 2.12. The van der Waals surface area contributed by atoms with E-state index in [1.54, 1.807) is 0 Å². The number of nitrogens with one attached hydrogen (secondary N) is 1. The van der Waals surface area contributed by atoms with Gasteiger partial charge in [-0.2, -0.15) is 0 Å². The van der Waals surface area contributed by atoms with Crippen molar-refractivity contribution in [3.63, 3.8) is 0 Å². The van der Waals surface area contributed by atoms with Gasteiger partial charge < -0.3 is 11.1 Å². The molecule has 0 saturated heterocycles. The molecule has 5 nitrogen and oxygen atoms in total. The number of aryl methyl sites for hydroxylation is 1. The van der Waals surface area contributed by atoms with Gasteiger partial charge in [-0.05, 0) is 28.8 Å². The van der Waals surface area contributed by atoms with Crippen LogP contribution in [0.15, 0.2) is 10.7 Å². The zero-order valence-corrected chi connectivity index (χ0v) is 11.5. The molecular weight excluding hydrogens is 284 g/mol. The molecule has 0 fully saturated rings. The van der Waals surface area contributed by atoms with Crippen LogP contribution in [-0.4, -0.2) is 22.4 Å². The van der Waals surface area contributed by atoms with Crippen molar-refractivity contribution in [2.75, 3.05) is 11.9 Å². The molecule has 0 aliphatic carbocycles. The Morgan fingerprint density at radius 1 is 1.53 bits per heavy atom. The molecule has 0 saturated carbocycles. The van der Waals surface area contributed by atoms with E-state index < -0.39 is 0 Å². The van der Waals surface area contributed by atoms with Gasteiger partial charge in [-0.15, -0.1) is 0 Å². The van der Waals surface area contributed by atoms with E-state index in [0.29, 0.717) is 19.4 Å². The van der Waals surface area contributed by atoms with E-state index in [-0.39, 0.29) is 5.91 Å². The summed E-state index contributed by atoms with van der Waals surface area (Å²) in [5.74, 6) is 1.32. The monoisotopic (exact) mass is 300 g/mol. The standard InChI is InChI=1S/C11H17BrN4O/c1-2-4-10-15-8(12)7-11(16-10)14-6-3-5-9(13)17/h7H,2-6H2,1H3,(H2,13,17)(H,14,15,16). The van der Waals surface area contributed by atoms with Crippen LogP contribution in [0.1, 0.15) is 32.0 Å². The molecule has 1 aromatic heterocycles. The first-order valence-corrected chi connectivity index (χ1v) is 6.46. The first kappa shape index (κ1) is 13.9. The van der Waals surface area contributed by atoms with Crippen molar-refractivity contribution in [3.8, 4) is 0 Å². The summed E-state index contributed by atoms with van der Waals surface area (Å²) in [5, 5.41) is 3.15. The molecular formula is C11H17BrN4O. The lowest BCUT2D eigenvalue weighted by molar-refractivity contribution is -0.118. The fourth-order valence-electron chi connectivity index (χ4n) is 1.37. The van der Waals surface area contributed by atoms with Crippen LogP contribution in [0.4, 0.5) is 5.82 Å². The normalized spacial score (nSPS) is 10.2. The summed E-state index contributed by atoms with van der Waals surface area (Å²) < 4.78 is 0.772. The highest BCUT2D eigenvalue weighted by molar-refractivity contribution is 9.10. The van der Waals surface area contributed by atoms with Gasteiger partial charge in [-0.1, -0.05) is 6.92 Å². The van der Waals surface area contributed by atoms with Crippen LogP contribution in [0.5, 0.6) is 0 Å². The highest BCUT2D eigenvalue weighted by Gasteiger charge is 2.02. The number of carbonyl (C=O) groups excluding carboxylic acids is 1. The van der Waals surface area contributed by atoms with Crippen molar-refractivity contribution in [3.05, 3.63) is 16.5 Å². The Morgan fingerprint density at radius 3 is 2.94 bits per heavy atom. The zero-order chi connectivity index (χ0) is 12.7. The minimum atomic E-state index is -0.276. The largest absolute Gasteiger partial charge is 0.370 e. The third-order valence-corrected chi connectivity index (χ3v) is 2.53. The predicted octanol–water partition coefficient (Wildman–Crippen LogP) is 1.87. The van der Waals surface area contributed by atoms with Gasteiger partial charge in [0.2, 0.25) is 5.91 Å². The average molecular weight is 301 g/mol. The Hall–Kier alpha value is -1.17. The van der Waals surface area contributed by atoms with E-state index in [9.17, 15) is 4.79 Å². The Bertz CT molecular complexity index is 384. The summed E-state index contributed by atoms with van der Waals surface area (Å²) in [5.41, 5.74) is 5.06. The summed E-state index contributed by atoms with van der Waals surface area (Å²) in [7, 11) is 0. The van der Waals surface area contributed by atoms with E-state index in [0.717, 1.165) is 29.1 Å². The van der Waals surface area contributed by atoms with Gasteiger partial charge in [0.15, 0.2) is 0 Å². The number of nitrogens with two attached hydrogens (primary N) is 1. The van der Waals surface area contributed by atoms with Crippen molar-refractivity contribution >= 4 is 27.7 Å². The fraction of sp³-hybridized carbons (Fsp3) is 0.545. The van der Waals surface area contributed by atoms with Gasteiger partial charge in [-0.3, -0.25) is 4.79 Å². The maximum absolute atomic E-state index is 10.6. The number of halogens is 1. The van der Waals surface area contributed by atoms with Gasteiger partial charge in [0, 0.05) is 25.5 Å². The molecule has 1 amide bonds. The molecule has 1 aromatic rings. The smallest absolute Gasteiger partial charge is 0.217 e. The zero-order valence-electron chi connectivity index (χ0n) is 9.87. The van der Waals surface area contributed by atoms with Crippen LogP contribution >= 0.6 is 15.9 Å². The SMILES string of the molecule is CCCc1nc(Br)cc(NCCCC(N)=O)n1. The lowest BCUT2D eigenvalue weighted by Crippen LogP contribution is -2.13. The summed E-state index contributed by atoms with van der Waals surface area (Å²) in [6, 6.07) is 1.82. The van der Waals surface area contributed by atoms with E-state index in [4.69, 9.17) is 5.73 Å². The predicted molar refractivity (Wildman–Crippen MR) is 70.6 cm³/mol. The van der Waals surface area contributed by atoms with Crippen molar-refractivity contribution in [1.29, 1.82) is 0 Å². The van der Waals surface area contributed by atoms with E-state index in [2.05, 4.69) is 38.1 Å². The van der Waals surface area contributed by atoms with Crippen LogP contribution in [0.2, 0.25) is 0 Å². The maximum Gasteiger partial charge on any atom is 0.217 e. The minimum Gasteiger partial charge on any atom is -0.370 e. The third kappa shape index (κ3) is 5.63. The second-order valence-electron chi connectivity index (χ2n) is 3.74. The molecule has 0 spiro atoms. The Labute approximate surface area is 109 Å². The molecule has 0 radical (unpaired) electrons. The number of carbonyl (C=O) groups is 1. The second kappa shape index (κ2) is 7.21. The number of hydrogen-bond acceptors (Lipinski definition) is 4. The highest BCUT2D eigenvalue weighted by atomic mass is 79.9. The molecule has 3 N–H and O–H groups in total. The van der Waals surface area contributed by atoms with Gasteiger partial charge in [0.1, 0.15) is 16.2 Å². The van der Waals surface area contributed by atoms with Crippen molar-refractivity contribution in [2.24, 2.45) is 5.73 Å². The Kier molecular flexibility index (Phi) is 5.90. The molecule has 0 bridgehead atoms. The molecule has 94 valence electrons. The summed E-state index contributed by atoms with van der Waals surface area (Å²) in [4.78, 5) is 19.2. The van der Waals surface area contributed by atoms with Crippen LogP contribution in [0, 0.1) is 0 Å². The Morgan fingerprint density at radius 2 is 2.29 bits per heavy atom. The molecule has 17 heavy (non-hydrogen) atoms. The first-order valence-electron chi connectivity index (χ1n) is 5.67. The summed E-state index contributed by atoms with van der Waals surface area (Å²) >= 11 is 3.35. The molecule has 6 heteroatoms. The van der Waals surface area contributed by atoms with E-state index >= 15 is 0 Å². The lowest BCUT2D eigenvalue weighted by Gasteiger charge is -2.07. The van der Waals surface area contributed by atoms with Crippen LogP contribution < -0.4 is 11.1 Å². The lowest BCUT2D eigenvalue weighted by atomic mass is 10.3. The van der Waals surface area contributed by atoms with Gasteiger partial charge >= 0.3 is 0 Å². The molecule has 0 aromatic carbocycles. The molecule has 0 aliphatic heterocycles. The van der Waals surface area contributed by atoms with Crippen LogP contribution in [0.3, 0.4) is 0 Å². The van der Waals surface area contributed by atoms with Crippen LogP contribution in [0.25, 0.3) is 0 Å². The number of anilines is 1. The first-order chi connectivity index (χ1) is 8.11. The molecule has 0 aliphatic rings. The second-order valence-corrected chi connectivity index (χ2v) is 4.55. The number of amides is 1.